The average Bonchev–Trinajstić information content (AvgIpc) is 2.52. The number of rotatable bonds is 3. The van der Waals surface area contributed by atoms with Crippen LogP contribution < -0.4 is 15.8 Å². The molecule has 2 amide bonds. The van der Waals surface area contributed by atoms with Crippen molar-refractivity contribution in [3.8, 4) is 0 Å². The summed E-state index contributed by atoms with van der Waals surface area (Å²) in [4.78, 5) is 26.0. The Labute approximate surface area is 144 Å². The number of nitrogens with one attached hydrogen (secondary N) is 2. The number of hydrogen-bond donors (Lipinski definition) is 2. The van der Waals surface area contributed by atoms with Crippen molar-refractivity contribution in [1.29, 1.82) is 0 Å². The predicted octanol–water partition coefficient (Wildman–Crippen LogP) is 3.13. The molecule has 0 radical (unpaired) electrons. The Kier molecular flexibility index (Phi) is 5.47. The van der Waals surface area contributed by atoms with E-state index >= 15 is 0 Å². The Balaban J connectivity index is 2.04. The fourth-order valence-electron chi connectivity index (χ4n) is 1.85. The number of amides is 2. The zero-order valence-electron chi connectivity index (χ0n) is 12.6. The normalized spacial score (nSPS) is 10.1. The summed E-state index contributed by atoms with van der Waals surface area (Å²) in [5.41, 5.74) is 6.21. The van der Waals surface area contributed by atoms with Crippen LogP contribution in [0.1, 0.15) is 20.7 Å². The van der Waals surface area contributed by atoms with Gasteiger partial charge in [-0.05, 0) is 36.4 Å². The number of carbonyl (C=O) groups is 2. The Morgan fingerprint density at radius 2 is 1.65 bits per heavy atom. The molecule has 120 valence electrons. The van der Waals surface area contributed by atoms with E-state index in [1.807, 2.05) is 25.1 Å². The van der Waals surface area contributed by atoms with Crippen LogP contribution in [-0.2, 0) is 0 Å². The summed E-state index contributed by atoms with van der Waals surface area (Å²) >= 11 is 11.7. The SMILES string of the molecule is CN(C)c1cccc(C(=O)NNC(=O)c2ccc(Cl)cc2Cl)c1. The number of hydrogen-bond acceptors (Lipinski definition) is 3. The molecular weight excluding hydrogens is 337 g/mol. The second-order valence-electron chi connectivity index (χ2n) is 4.98. The minimum absolute atomic E-state index is 0.207. The van der Waals surface area contributed by atoms with E-state index in [1.54, 1.807) is 24.3 Å². The lowest BCUT2D eigenvalue weighted by molar-refractivity contribution is 0.0847. The Morgan fingerprint density at radius 1 is 0.957 bits per heavy atom. The van der Waals surface area contributed by atoms with E-state index in [0.717, 1.165) is 5.69 Å². The van der Waals surface area contributed by atoms with Gasteiger partial charge in [-0.3, -0.25) is 20.4 Å². The lowest BCUT2D eigenvalue weighted by Crippen LogP contribution is -2.41. The molecule has 0 aliphatic rings. The van der Waals surface area contributed by atoms with Crippen molar-refractivity contribution in [1.82, 2.24) is 10.9 Å². The molecule has 0 aliphatic carbocycles. The Hall–Kier alpha value is -2.24. The summed E-state index contributed by atoms with van der Waals surface area (Å²) in [6.45, 7) is 0. The molecule has 0 saturated carbocycles. The first-order valence-electron chi connectivity index (χ1n) is 6.71. The maximum atomic E-state index is 12.1. The van der Waals surface area contributed by atoms with E-state index < -0.39 is 11.8 Å². The fraction of sp³-hybridized carbons (Fsp3) is 0.125. The molecule has 2 aromatic carbocycles. The second-order valence-corrected chi connectivity index (χ2v) is 5.82. The molecular formula is C16H15Cl2N3O2. The van der Waals surface area contributed by atoms with Crippen LogP contribution in [0.25, 0.3) is 0 Å². The van der Waals surface area contributed by atoms with Gasteiger partial charge in [0, 0.05) is 30.4 Å². The first-order valence-corrected chi connectivity index (χ1v) is 7.47. The van der Waals surface area contributed by atoms with Gasteiger partial charge in [-0.25, -0.2) is 0 Å². The smallest absolute Gasteiger partial charge is 0.271 e. The number of carbonyl (C=O) groups excluding carboxylic acids is 2. The highest BCUT2D eigenvalue weighted by Crippen LogP contribution is 2.20. The molecule has 2 N–H and O–H groups in total. The van der Waals surface area contributed by atoms with Crippen LogP contribution in [0.3, 0.4) is 0 Å². The predicted molar refractivity (Wildman–Crippen MR) is 92.2 cm³/mol. The number of halogens is 2. The molecule has 2 rings (SSSR count). The lowest BCUT2D eigenvalue weighted by Gasteiger charge is -2.14. The third-order valence-corrected chi connectivity index (χ3v) is 3.64. The van der Waals surface area contributed by atoms with E-state index in [0.29, 0.717) is 10.6 Å². The van der Waals surface area contributed by atoms with Crippen LogP contribution in [0.5, 0.6) is 0 Å². The zero-order chi connectivity index (χ0) is 17.0. The van der Waals surface area contributed by atoms with Crippen molar-refractivity contribution in [2.45, 2.75) is 0 Å². The van der Waals surface area contributed by atoms with Gasteiger partial charge in [-0.15, -0.1) is 0 Å². The maximum Gasteiger partial charge on any atom is 0.271 e. The molecule has 0 aliphatic heterocycles. The van der Waals surface area contributed by atoms with Crippen molar-refractivity contribution in [3.05, 3.63) is 63.6 Å². The average molecular weight is 352 g/mol. The van der Waals surface area contributed by atoms with Crippen LogP contribution in [-0.4, -0.2) is 25.9 Å². The first kappa shape index (κ1) is 17.1. The Morgan fingerprint density at radius 3 is 2.30 bits per heavy atom. The molecule has 0 saturated heterocycles. The van der Waals surface area contributed by atoms with Crippen LogP contribution in [0.15, 0.2) is 42.5 Å². The lowest BCUT2D eigenvalue weighted by atomic mass is 10.2. The van der Waals surface area contributed by atoms with Gasteiger partial charge in [0.15, 0.2) is 0 Å². The third kappa shape index (κ3) is 4.37. The van der Waals surface area contributed by atoms with Crippen molar-refractivity contribution < 1.29 is 9.59 Å². The summed E-state index contributed by atoms with van der Waals surface area (Å²) < 4.78 is 0. The second kappa shape index (κ2) is 7.35. The van der Waals surface area contributed by atoms with E-state index in [-0.39, 0.29) is 10.6 Å². The highest BCUT2D eigenvalue weighted by Gasteiger charge is 2.13. The summed E-state index contributed by atoms with van der Waals surface area (Å²) in [5.74, 6) is -0.948. The molecule has 2 aromatic rings. The summed E-state index contributed by atoms with van der Waals surface area (Å²) in [5, 5.41) is 0.634. The topological polar surface area (TPSA) is 61.4 Å². The third-order valence-electron chi connectivity index (χ3n) is 3.09. The minimum Gasteiger partial charge on any atom is -0.378 e. The standard InChI is InChI=1S/C16H15Cl2N3O2/c1-21(2)12-5-3-4-10(8-12)15(22)19-20-16(23)13-7-6-11(17)9-14(13)18/h3-9H,1-2H3,(H,19,22)(H,20,23). The van der Waals surface area contributed by atoms with Gasteiger partial charge in [0.05, 0.1) is 10.6 Å². The fourth-order valence-corrected chi connectivity index (χ4v) is 2.35. The van der Waals surface area contributed by atoms with E-state index in [4.69, 9.17) is 23.2 Å². The quantitative estimate of drug-likeness (QED) is 0.835. The van der Waals surface area contributed by atoms with Crippen molar-refractivity contribution in [2.75, 3.05) is 19.0 Å². The van der Waals surface area contributed by atoms with Crippen molar-refractivity contribution in [2.24, 2.45) is 0 Å². The summed E-state index contributed by atoms with van der Waals surface area (Å²) in [7, 11) is 3.75. The number of benzene rings is 2. The molecule has 0 unspecified atom stereocenters. The van der Waals surface area contributed by atoms with E-state index in [1.165, 1.54) is 12.1 Å². The molecule has 23 heavy (non-hydrogen) atoms. The molecule has 0 spiro atoms. The monoisotopic (exact) mass is 351 g/mol. The van der Waals surface area contributed by atoms with Gasteiger partial charge in [-0.1, -0.05) is 29.3 Å². The van der Waals surface area contributed by atoms with Gasteiger partial charge in [-0.2, -0.15) is 0 Å². The van der Waals surface area contributed by atoms with Gasteiger partial charge in [0.25, 0.3) is 11.8 Å². The summed E-state index contributed by atoms with van der Waals surface area (Å²) in [6, 6.07) is 11.5. The summed E-state index contributed by atoms with van der Waals surface area (Å²) in [6.07, 6.45) is 0. The maximum absolute atomic E-state index is 12.1. The zero-order valence-corrected chi connectivity index (χ0v) is 14.1. The van der Waals surface area contributed by atoms with E-state index in [2.05, 4.69) is 10.9 Å². The number of hydrazine groups is 1. The number of nitrogens with zero attached hydrogens (tertiary/aromatic N) is 1. The van der Waals surface area contributed by atoms with Gasteiger partial charge in [0.2, 0.25) is 0 Å². The largest absolute Gasteiger partial charge is 0.378 e. The Bertz CT molecular complexity index is 748. The van der Waals surface area contributed by atoms with Crippen LogP contribution in [0, 0.1) is 0 Å². The molecule has 0 heterocycles. The first-order chi connectivity index (χ1) is 10.9. The van der Waals surface area contributed by atoms with Crippen molar-refractivity contribution in [3.63, 3.8) is 0 Å². The van der Waals surface area contributed by atoms with Gasteiger partial charge >= 0.3 is 0 Å². The molecule has 0 bridgehead atoms. The van der Waals surface area contributed by atoms with Gasteiger partial charge in [0.1, 0.15) is 0 Å². The van der Waals surface area contributed by atoms with Crippen molar-refractivity contribution >= 4 is 40.7 Å². The molecule has 7 heteroatoms. The van der Waals surface area contributed by atoms with Gasteiger partial charge < -0.3 is 4.90 Å². The number of anilines is 1. The van der Waals surface area contributed by atoms with E-state index in [9.17, 15) is 9.59 Å². The highest BCUT2D eigenvalue weighted by molar-refractivity contribution is 6.36. The highest BCUT2D eigenvalue weighted by atomic mass is 35.5. The van der Waals surface area contributed by atoms with Crippen LogP contribution >= 0.6 is 23.2 Å². The molecule has 0 atom stereocenters. The minimum atomic E-state index is -0.524. The van der Waals surface area contributed by atoms with Crippen LogP contribution in [0.4, 0.5) is 5.69 Å². The molecule has 0 fully saturated rings. The molecule has 5 nitrogen and oxygen atoms in total. The van der Waals surface area contributed by atoms with Crippen LogP contribution in [0.2, 0.25) is 10.0 Å². The molecule has 0 aromatic heterocycles.